The van der Waals surface area contributed by atoms with Crippen molar-refractivity contribution in [2.24, 2.45) is 0 Å². The van der Waals surface area contributed by atoms with Crippen LogP contribution in [0.1, 0.15) is 30.3 Å². The Kier molecular flexibility index (Phi) is 6.57. The van der Waals surface area contributed by atoms with E-state index in [1.807, 2.05) is 48.5 Å². The van der Waals surface area contributed by atoms with Crippen molar-refractivity contribution in [1.82, 2.24) is 10.4 Å². The second kappa shape index (κ2) is 9.70. The lowest BCUT2D eigenvalue weighted by Gasteiger charge is -2.27. The average Bonchev–Trinajstić information content (AvgIpc) is 3.21. The maximum atomic E-state index is 10.8. The second-order valence-electron chi connectivity index (χ2n) is 7.50. The molecule has 7 heteroatoms. The van der Waals surface area contributed by atoms with Gasteiger partial charge in [-0.1, -0.05) is 60.7 Å². The molecule has 1 aliphatic rings. The third-order valence-electron chi connectivity index (χ3n) is 5.23. The Labute approximate surface area is 181 Å². The van der Waals surface area contributed by atoms with Gasteiger partial charge in [0.25, 0.3) is 5.69 Å². The van der Waals surface area contributed by atoms with Crippen LogP contribution in [0.2, 0.25) is 0 Å². The SMILES string of the molecule is CC(NN1CC(COc2ccc([N+](=O)[O-])cc2)OC1c1ccccc1)c1ccccc1. The predicted molar refractivity (Wildman–Crippen MR) is 117 cm³/mol. The zero-order valence-electron chi connectivity index (χ0n) is 17.3. The topological polar surface area (TPSA) is 76.9 Å². The molecule has 0 saturated carbocycles. The molecule has 0 aliphatic carbocycles. The minimum Gasteiger partial charge on any atom is -0.491 e. The number of nitrogens with zero attached hydrogens (tertiary/aromatic N) is 2. The van der Waals surface area contributed by atoms with E-state index in [1.165, 1.54) is 17.7 Å². The molecule has 3 aromatic rings. The van der Waals surface area contributed by atoms with Gasteiger partial charge in [-0.25, -0.2) is 10.4 Å². The molecule has 0 radical (unpaired) electrons. The molecule has 3 aromatic carbocycles. The highest BCUT2D eigenvalue weighted by Gasteiger charge is 2.35. The maximum absolute atomic E-state index is 10.8. The summed E-state index contributed by atoms with van der Waals surface area (Å²) in [5, 5.41) is 12.9. The molecule has 4 rings (SSSR count). The summed E-state index contributed by atoms with van der Waals surface area (Å²) in [4.78, 5) is 10.4. The number of rotatable bonds is 8. The average molecular weight is 419 g/mol. The highest BCUT2D eigenvalue weighted by molar-refractivity contribution is 5.36. The van der Waals surface area contributed by atoms with Gasteiger partial charge in [0.2, 0.25) is 0 Å². The first-order chi connectivity index (χ1) is 15.1. The number of nitro groups is 1. The molecule has 0 amide bonds. The van der Waals surface area contributed by atoms with E-state index in [0.29, 0.717) is 18.9 Å². The Balaban J connectivity index is 1.43. The van der Waals surface area contributed by atoms with Crippen LogP contribution >= 0.6 is 0 Å². The summed E-state index contributed by atoms with van der Waals surface area (Å²) in [5.41, 5.74) is 5.87. The summed E-state index contributed by atoms with van der Waals surface area (Å²) >= 11 is 0. The van der Waals surface area contributed by atoms with Crippen LogP contribution in [0.3, 0.4) is 0 Å². The number of ether oxygens (including phenoxy) is 2. The van der Waals surface area contributed by atoms with Crippen LogP contribution in [-0.4, -0.2) is 29.2 Å². The molecule has 1 saturated heterocycles. The summed E-state index contributed by atoms with van der Waals surface area (Å²) in [6.45, 7) is 3.11. The van der Waals surface area contributed by atoms with Gasteiger partial charge in [0, 0.05) is 24.7 Å². The highest BCUT2D eigenvalue weighted by Crippen LogP contribution is 2.30. The van der Waals surface area contributed by atoms with Gasteiger partial charge in [-0.15, -0.1) is 0 Å². The largest absolute Gasteiger partial charge is 0.491 e. The number of hydrogen-bond donors (Lipinski definition) is 1. The Morgan fingerprint density at radius 3 is 2.35 bits per heavy atom. The molecule has 3 unspecified atom stereocenters. The van der Waals surface area contributed by atoms with E-state index in [0.717, 1.165) is 5.56 Å². The van der Waals surface area contributed by atoms with E-state index in [9.17, 15) is 10.1 Å². The van der Waals surface area contributed by atoms with E-state index in [2.05, 4.69) is 29.5 Å². The van der Waals surface area contributed by atoms with Crippen molar-refractivity contribution in [3.05, 3.63) is 106 Å². The third-order valence-corrected chi connectivity index (χ3v) is 5.23. The van der Waals surface area contributed by atoms with E-state index in [4.69, 9.17) is 9.47 Å². The summed E-state index contributed by atoms with van der Waals surface area (Å²) in [7, 11) is 0. The van der Waals surface area contributed by atoms with E-state index in [-0.39, 0.29) is 24.1 Å². The molecule has 1 heterocycles. The molecule has 0 spiro atoms. The first kappa shape index (κ1) is 21.0. The summed E-state index contributed by atoms with van der Waals surface area (Å²) in [5.74, 6) is 0.578. The third kappa shape index (κ3) is 5.27. The van der Waals surface area contributed by atoms with E-state index >= 15 is 0 Å². The predicted octanol–water partition coefficient (Wildman–Crippen LogP) is 4.64. The summed E-state index contributed by atoms with van der Waals surface area (Å²) in [6, 6.07) is 26.5. The van der Waals surface area contributed by atoms with Crippen LogP contribution in [-0.2, 0) is 4.74 Å². The number of hydrazine groups is 1. The van der Waals surface area contributed by atoms with Crippen molar-refractivity contribution in [3.8, 4) is 5.75 Å². The Hall–Kier alpha value is -3.26. The molecule has 0 bridgehead atoms. The second-order valence-corrected chi connectivity index (χ2v) is 7.50. The molecule has 7 nitrogen and oxygen atoms in total. The van der Waals surface area contributed by atoms with Crippen molar-refractivity contribution in [1.29, 1.82) is 0 Å². The van der Waals surface area contributed by atoms with Gasteiger partial charge in [0.05, 0.1) is 4.92 Å². The molecule has 1 N–H and O–H groups in total. The molecule has 31 heavy (non-hydrogen) atoms. The van der Waals surface area contributed by atoms with Crippen molar-refractivity contribution >= 4 is 5.69 Å². The lowest BCUT2D eigenvalue weighted by molar-refractivity contribution is -0.384. The van der Waals surface area contributed by atoms with Gasteiger partial charge in [0.15, 0.2) is 0 Å². The fourth-order valence-corrected chi connectivity index (χ4v) is 3.62. The number of benzene rings is 3. The Morgan fingerprint density at radius 1 is 1.06 bits per heavy atom. The zero-order chi connectivity index (χ0) is 21.6. The van der Waals surface area contributed by atoms with Gasteiger partial charge >= 0.3 is 0 Å². The van der Waals surface area contributed by atoms with E-state index < -0.39 is 4.92 Å². The van der Waals surface area contributed by atoms with Crippen molar-refractivity contribution in [2.45, 2.75) is 25.3 Å². The van der Waals surface area contributed by atoms with E-state index in [1.54, 1.807) is 12.1 Å². The lowest BCUT2D eigenvalue weighted by atomic mass is 10.1. The minimum atomic E-state index is -0.425. The Bertz CT molecular complexity index is 983. The lowest BCUT2D eigenvalue weighted by Crippen LogP contribution is -2.40. The number of nitro benzene ring substituents is 1. The van der Waals surface area contributed by atoms with Gasteiger partial charge in [-0.05, 0) is 30.2 Å². The first-order valence-corrected chi connectivity index (χ1v) is 10.3. The highest BCUT2D eigenvalue weighted by atomic mass is 16.6. The van der Waals surface area contributed by atoms with Crippen LogP contribution < -0.4 is 10.2 Å². The van der Waals surface area contributed by atoms with Crippen LogP contribution in [0, 0.1) is 10.1 Å². The first-order valence-electron chi connectivity index (χ1n) is 10.3. The molecule has 1 aliphatic heterocycles. The molecular weight excluding hydrogens is 394 g/mol. The number of non-ortho nitro benzene ring substituents is 1. The number of nitrogens with one attached hydrogen (secondary N) is 1. The van der Waals surface area contributed by atoms with Gasteiger partial charge < -0.3 is 9.47 Å². The monoisotopic (exact) mass is 419 g/mol. The summed E-state index contributed by atoms with van der Waals surface area (Å²) < 4.78 is 12.2. The van der Waals surface area contributed by atoms with Gasteiger partial charge in [-0.2, -0.15) is 0 Å². The molecule has 1 fully saturated rings. The van der Waals surface area contributed by atoms with Crippen LogP contribution in [0.4, 0.5) is 5.69 Å². The normalized spacial score (nSPS) is 19.8. The molecule has 160 valence electrons. The smallest absolute Gasteiger partial charge is 0.269 e. The zero-order valence-corrected chi connectivity index (χ0v) is 17.3. The van der Waals surface area contributed by atoms with Crippen molar-refractivity contribution in [3.63, 3.8) is 0 Å². The van der Waals surface area contributed by atoms with Crippen LogP contribution in [0.25, 0.3) is 0 Å². The standard InChI is InChI=1S/C24H25N3O4/c1-18(19-8-4-2-5-9-19)25-26-16-23(31-24(26)20-10-6-3-7-11-20)17-30-22-14-12-21(13-15-22)27(28)29/h2-15,18,23-25H,16-17H2,1H3. The van der Waals surface area contributed by atoms with Crippen LogP contribution in [0.15, 0.2) is 84.9 Å². The van der Waals surface area contributed by atoms with Crippen molar-refractivity contribution in [2.75, 3.05) is 13.2 Å². The number of hydrogen-bond acceptors (Lipinski definition) is 6. The molecule has 3 atom stereocenters. The fraction of sp³-hybridized carbons (Fsp3) is 0.250. The fourth-order valence-electron chi connectivity index (χ4n) is 3.62. The minimum absolute atomic E-state index is 0.0406. The van der Waals surface area contributed by atoms with Crippen LogP contribution in [0.5, 0.6) is 5.75 Å². The van der Waals surface area contributed by atoms with Gasteiger partial charge in [0.1, 0.15) is 24.7 Å². The van der Waals surface area contributed by atoms with Gasteiger partial charge in [-0.3, -0.25) is 10.1 Å². The Morgan fingerprint density at radius 2 is 1.71 bits per heavy atom. The summed E-state index contributed by atoms with van der Waals surface area (Å²) in [6.07, 6.45) is -0.395. The quantitative estimate of drug-likeness (QED) is 0.423. The molecule has 0 aromatic heterocycles. The van der Waals surface area contributed by atoms with Crippen molar-refractivity contribution < 1.29 is 14.4 Å². The maximum Gasteiger partial charge on any atom is 0.269 e. The molecular formula is C24H25N3O4.